The second kappa shape index (κ2) is 3.58. The van der Waals surface area contributed by atoms with Crippen LogP contribution in [-0.2, 0) is 9.53 Å². The van der Waals surface area contributed by atoms with Crippen molar-refractivity contribution in [1.82, 2.24) is 10.2 Å². The summed E-state index contributed by atoms with van der Waals surface area (Å²) in [4.78, 5) is 12.9. The average Bonchev–Trinajstić information content (AvgIpc) is 2.36. The van der Waals surface area contributed by atoms with Crippen LogP contribution in [0.15, 0.2) is 12.3 Å². The number of nitrogens with zero attached hydrogens (tertiary/aromatic N) is 1. The average molecular weight is 170 g/mol. The zero-order valence-corrected chi connectivity index (χ0v) is 7.46. The first-order valence-corrected chi connectivity index (χ1v) is 3.87. The molecule has 1 saturated heterocycles. The summed E-state index contributed by atoms with van der Waals surface area (Å²) in [5.74, 6) is -0.0172. The van der Waals surface area contributed by atoms with Gasteiger partial charge in [-0.15, -0.1) is 0 Å². The third-order valence-corrected chi connectivity index (χ3v) is 1.98. The van der Waals surface area contributed by atoms with E-state index in [4.69, 9.17) is 4.74 Å². The topological polar surface area (TPSA) is 41.6 Å². The molecule has 1 aliphatic heterocycles. The number of amides is 1. The fourth-order valence-electron chi connectivity index (χ4n) is 1.07. The molecular formula is C8H14N2O2. The minimum Gasteiger partial charge on any atom is -0.359 e. The summed E-state index contributed by atoms with van der Waals surface area (Å²) >= 11 is 0. The van der Waals surface area contributed by atoms with E-state index in [0.717, 1.165) is 5.70 Å². The molecular weight excluding hydrogens is 156 g/mol. The molecule has 0 spiro atoms. The summed E-state index contributed by atoms with van der Waals surface area (Å²) < 4.78 is 5.32. The van der Waals surface area contributed by atoms with Gasteiger partial charge < -0.3 is 15.0 Å². The summed E-state index contributed by atoms with van der Waals surface area (Å²) in [6, 6.07) is 0. The molecule has 1 unspecified atom stereocenters. The summed E-state index contributed by atoms with van der Waals surface area (Å²) in [5.41, 5.74) is 0.874. The van der Waals surface area contributed by atoms with Crippen LogP contribution in [0.25, 0.3) is 0 Å². The summed E-state index contributed by atoms with van der Waals surface area (Å²) in [6.45, 7) is 4.35. The quantitative estimate of drug-likeness (QED) is 0.630. The smallest absolute Gasteiger partial charge is 0.222 e. The fourth-order valence-corrected chi connectivity index (χ4v) is 1.07. The Balaban J connectivity index is 2.44. The van der Waals surface area contributed by atoms with E-state index in [2.05, 4.69) is 11.9 Å². The van der Waals surface area contributed by atoms with Gasteiger partial charge in [0.1, 0.15) is 12.8 Å². The second-order valence-electron chi connectivity index (χ2n) is 2.85. The molecule has 1 aliphatic rings. The number of carbonyl (C=O) groups is 1. The SMILES string of the molecule is C=C1C(CC(=O)NC)OCN1C. The molecule has 12 heavy (non-hydrogen) atoms. The molecule has 1 N–H and O–H groups in total. The van der Waals surface area contributed by atoms with E-state index in [-0.39, 0.29) is 12.0 Å². The summed E-state index contributed by atoms with van der Waals surface area (Å²) in [7, 11) is 3.51. The van der Waals surface area contributed by atoms with Crippen molar-refractivity contribution in [2.24, 2.45) is 0 Å². The Bertz CT molecular complexity index is 203. The minimum absolute atomic E-state index is 0.0172. The first-order valence-electron chi connectivity index (χ1n) is 3.87. The monoisotopic (exact) mass is 170 g/mol. The van der Waals surface area contributed by atoms with Crippen molar-refractivity contribution < 1.29 is 9.53 Å². The predicted octanol–water partition coefficient (Wildman–Crippen LogP) is -0.0757. The summed E-state index contributed by atoms with van der Waals surface area (Å²) in [6.07, 6.45) is 0.217. The molecule has 0 aromatic carbocycles. The van der Waals surface area contributed by atoms with Crippen molar-refractivity contribution in [2.75, 3.05) is 20.8 Å². The Hall–Kier alpha value is -1.03. The number of hydrogen-bond donors (Lipinski definition) is 1. The van der Waals surface area contributed by atoms with Gasteiger partial charge in [0.2, 0.25) is 5.91 Å². The van der Waals surface area contributed by atoms with Gasteiger partial charge in [-0.25, -0.2) is 0 Å². The molecule has 0 bridgehead atoms. The first kappa shape index (κ1) is 9.06. The molecule has 0 radical (unpaired) electrons. The van der Waals surface area contributed by atoms with E-state index in [1.807, 2.05) is 11.9 Å². The van der Waals surface area contributed by atoms with Gasteiger partial charge in [-0.3, -0.25) is 4.79 Å². The summed E-state index contributed by atoms with van der Waals surface area (Å²) in [5, 5.41) is 2.55. The van der Waals surface area contributed by atoms with E-state index in [1.165, 1.54) is 0 Å². The van der Waals surface area contributed by atoms with Gasteiger partial charge in [-0.2, -0.15) is 0 Å². The molecule has 0 aliphatic carbocycles. The molecule has 1 rings (SSSR count). The molecule has 0 aromatic heterocycles. The van der Waals surface area contributed by atoms with E-state index in [0.29, 0.717) is 13.2 Å². The van der Waals surface area contributed by atoms with E-state index in [1.54, 1.807) is 7.05 Å². The van der Waals surface area contributed by atoms with Crippen molar-refractivity contribution >= 4 is 5.91 Å². The Labute approximate surface area is 72.2 Å². The lowest BCUT2D eigenvalue weighted by atomic mass is 10.2. The lowest BCUT2D eigenvalue weighted by Gasteiger charge is -2.11. The predicted molar refractivity (Wildman–Crippen MR) is 45.3 cm³/mol. The molecule has 4 nitrogen and oxygen atoms in total. The normalized spacial score (nSPS) is 23.0. The molecule has 1 heterocycles. The van der Waals surface area contributed by atoms with E-state index in [9.17, 15) is 4.79 Å². The minimum atomic E-state index is -0.144. The van der Waals surface area contributed by atoms with Crippen molar-refractivity contribution in [3.8, 4) is 0 Å². The lowest BCUT2D eigenvalue weighted by molar-refractivity contribution is -0.122. The van der Waals surface area contributed by atoms with Crippen molar-refractivity contribution in [1.29, 1.82) is 0 Å². The molecule has 1 fully saturated rings. The van der Waals surface area contributed by atoms with Crippen molar-refractivity contribution in [3.05, 3.63) is 12.3 Å². The largest absolute Gasteiger partial charge is 0.359 e. The van der Waals surface area contributed by atoms with Gasteiger partial charge in [0, 0.05) is 19.8 Å². The van der Waals surface area contributed by atoms with Crippen LogP contribution in [0.4, 0.5) is 0 Å². The van der Waals surface area contributed by atoms with Crippen LogP contribution in [0.5, 0.6) is 0 Å². The number of ether oxygens (including phenoxy) is 1. The van der Waals surface area contributed by atoms with E-state index < -0.39 is 0 Å². The highest BCUT2D eigenvalue weighted by atomic mass is 16.5. The highest BCUT2D eigenvalue weighted by Crippen LogP contribution is 2.19. The van der Waals surface area contributed by atoms with Gasteiger partial charge in [-0.05, 0) is 0 Å². The molecule has 1 amide bonds. The number of carbonyl (C=O) groups excluding carboxylic acids is 1. The lowest BCUT2D eigenvalue weighted by Crippen LogP contribution is -2.24. The van der Waals surface area contributed by atoms with Crippen LogP contribution in [0.2, 0.25) is 0 Å². The highest BCUT2D eigenvalue weighted by molar-refractivity contribution is 5.76. The standard InChI is InChI=1S/C8H14N2O2/c1-6-7(4-8(11)9-2)12-5-10(6)3/h7H,1,4-5H2,2-3H3,(H,9,11). The van der Waals surface area contributed by atoms with Crippen molar-refractivity contribution in [3.63, 3.8) is 0 Å². The zero-order valence-electron chi connectivity index (χ0n) is 7.46. The maximum Gasteiger partial charge on any atom is 0.222 e. The maximum absolute atomic E-state index is 11.0. The number of hydrogen-bond acceptors (Lipinski definition) is 3. The molecule has 1 atom stereocenters. The van der Waals surface area contributed by atoms with Gasteiger partial charge in [0.25, 0.3) is 0 Å². The molecule has 0 saturated carbocycles. The number of nitrogens with one attached hydrogen (secondary N) is 1. The maximum atomic E-state index is 11.0. The van der Waals surface area contributed by atoms with Gasteiger partial charge in [-0.1, -0.05) is 6.58 Å². The van der Waals surface area contributed by atoms with Crippen LogP contribution in [0.3, 0.4) is 0 Å². The Morgan fingerprint density at radius 3 is 3.00 bits per heavy atom. The number of rotatable bonds is 2. The molecule has 4 heteroatoms. The Morgan fingerprint density at radius 1 is 1.92 bits per heavy atom. The van der Waals surface area contributed by atoms with Gasteiger partial charge in [0.15, 0.2) is 0 Å². The highest BCUT2D eigenvalue weighted by Gasteiger charge is 2.25. The van der Waals surface area contributed by atoms with Crippen LogP contribution >= 0.6 is 0 Å². The Morgan fingerprint density at radius 2 is 2.58 bits per heavy atom. The van der Waals surface area contributed by atoms with Gasteiger partial charge in [0.05, 0.1) is 6.42 Å². The molecule has 0 aromatic rings. The van der Waals surface area contributed by atoms with Crippen LogP contribution < -0.4 is 5.32 Å². The van der Waals surface area contributed by atoms with Crippen molar-refractivity contribution in [2.45, 2.75) is 12.5 Å². The Kier molecular flexibility index (Phi) is 2.70. The fraction of sp³-hybridized carbons (Fsp3) is 0.625. The van der Waals surface area contributed by atoms with Crippen LogP contribution in [-0.4, -0.2) is 37.7 Å². The third kappa shape index (κ3) is 1.76. The molecule has 68 valence electrons. The second-order valence-corrected chi connectivity index (χ2v) is 2.85. The van der Waals surface area contributed by atoms with E-state index >= 15 is 0 Å². The third-order valence-electron chi connectivity index (χ3n) is 1.98. The van der Waals surface area contributed by atoms with Crippen LogP contribution in [0.1, 0.15) is 6.42 Å². The first-order chi connectivity index (χ1) is 5.65. The van der Waals surface area contributed by atoms with Gasteiger partial charge >= 0.3 is 0 Å². The number of likely N-dealkylation sites (N-methyl/N-ethyl adjacent to an activating group) is 1. The van der Waals surface area contributed by atoms with Crippen LogP contribution in [0, 0.1) is 0 Å². The zero-order chi connectivity index (χ0) is 9.14.